The lowest BCUT2D eigenvalue weighted by molar-refractivity contribution is 1.13. The molecule has 0 spiro atoms. The Hall–Kier alpha value is -2.03. The van der Waals surface area contributed by atoms with Gasteiger partial charge in [0.25, 0.3) is 0 Å². The molecule has 0 aliphatic rings. The van der Waals surface area contributed by atoms with Crippen LogP contribution in [0.3, 0.4) is 0 Å². The minimum absolute atomic E-state index is 0.538. The summed E-state index contributed by atoms with van der Waals surface area (Å²) in [4.78, 5) is 4.08. The van der Waals surface area contributed by atoms with Crippen LogP contribution in [0.2, 0.25) is 0 Å². The molecule has 1 aromatic heterocycles. The molecule has 0 radical (unpaired) electrons. The van der Waals surface area contributed by atoms with Gasteiger partial charge >= 0.3 is 0 Å². The van der Waals surface area contributed by atoms with Crippen molar-refractivity contribution < 1.29 is 0 Å². The van der Waals surface area contributed by atoms with Gasteiger partial charge in [-0.05, 0) is 36.6 Å². The van der Waals surface area contributed by atoms with Gasteiger partial charge in [-0.3, -0.25) is 0 Å². The van der Waals surface area contributed by atoms with E-state index in [2.05, 4.69) is 42.3 Å². The van der Waals surface area contributed by atoms with Gasteiger partial charge in [-0.15, -0.1) is 0 Å². The van der Waals surface area contributed by atoms with Crippen LogP contribution in [0, 0.1) is 6.92 Å². The second-order valence-electron chi connectivity index (χ2n) is 4.06. The summed E-state index contributed by atoms with van der Waals surface area (Å²) >= 11 is 0. The number of hydrogen-bond donors (Lipinski definition) is 2. The van der Waals surface area contributed by atoms with Gasteiger partial charge in [-0.25, -0.2) is 4.98 Å². The first-order valence-corrected chi connectivity index (χ1v) is 5.77. The Morgan fingerprint density at radius 3 is 2.71 bits per heavy atom. The number of nitrogens with one attached hydrogen (secondary N) is 1. The summed E-state index contributed by atoms with van der Waals surface area (Å²) in [6.45, 7) is 4.26. The summed E-state index contributed by atoms with van der Waals surface area (Å²) in [6.07, 6.45) is 2.76. The Labute approximate surface area is 102 Å². The lowest BCUT2D eigenvalue weighted by Gasteiger charge is -2.13. The van der Waals surface area contributed by atoms with E-state index < -0.39 is 0 Å². The van der Waals surface area contributed by atoms with Crippen molar-refractivity contribution in [2.75, 3.05) is 11.1 Å². The molecule has 0 bridgehead atoms. The molecule has 88 valence electrons. The van der Waals surface area contributed by atoms with Gasteiger partial charge in [0.2, 0.25) is 0 Å². The van der Waals surface area contributed by atoms with E-state index in [0.717, 1.165) is 12.1 Å². The highest BCUT2D eigenvalue weighted by molar-refractivity contribution is 5.66. The molecule has 0 saturated heterocycles. The van der Waals surface area contributed by atoms with Crippen molar-refractivity contribution >= 4 is 17.2 Å². The molecule has 0 amide bonds. The molecule has 0 unspecified atom stereocenters. The van der Waals surface area contributed by atoms with Crippen molar-refractivity contribution in [1.82, 2.24) is 4.98 Å². The van der Waals surface area contributed by atoms with E-state index in [4.69, 9.17) is 5.73 Å². The number of pyridine rings is 1. The van der Waals surface area contributed by atoms with Gasteiger partial charge in [0.1, 0.15) is 5.82 Å². The fourth-order valence-corrected chi connectivity index (χ4v) is 1.83. The van der Waals surface area contributed by atoms with Gasteiger partial charge in [0.05, 0.1) is 11.9 Å². The number of aromatic nitrogens is 1. The Kier molecular flexibility index (Phi) is 3.28. The molecule has 0 aliphatic heterocycles. The second-order valence-corrected chi connectivity index (χ2v) is 4.06. The van der Waals surface area contributed by atoms with Crippen LogP contribution >= 0.6 is 0 Å². The summed E-state index contributed by atoms with van der Waals surface area (Å²) in [7, 11) is 0. The lowest BCUT2D eigenvalue weighted by Crippen LogP contribution is -1.99. The molecule has 0 atom stereocenters. The number of anilines is 3. The number of hydrogen-bond acceptors (Lipinski definition) is 3. The maximum Gasteiger partial charge on any atom is 0.123 e. The molecule has 17 heavy (non-hydrogen) atoms. The summed E-state index contributed by atoms with van der Waals surface area (Å²) in [5, 5.41) is 3.40. The maximum absolute atomic E-state index is 5.57. The highest BCUT2D eigenvalue weighted by Gasteiger charge is 2.04. The molecule has 0 fully saturated rings. The summed E-state index contributed by atoms with van der Waals surface area (Å²) in [5.74, 6) is 0.538. The van der Waals surface area contributed by atoms with Crippen molar-refractivity contribution in [3.05, 3.63) is 47.7 Å². The van der Waals surface area contributed by atoms with E-state index in [1.54, 1.807) is 12.3 Å². The summed E-state index contributed by atoms with van der Waals surface area (Å²) in [6, 6.07) is 10.1. The average molecular weight is 227 g/mol. The molecular weight excluding hydrogens is 210 g/mol. The number of nitrogen functional groups attached to an aromatic ring is 1. The number of benzene rings is 1. The smallest absolute Gasteiger partial charge is 0.123 e. The van der Waals surface area contributed by atoms with E-state index >= 15 is 0 Å². The molecule has 1 aromatic carbocycles. The largest absolute Gasteiger partial charge is 0.384 e. The SMILES string of the molecule is CCc1cccc(C)c1Nc1ccc(N)nc1. The standard InChI is InChI=1S/C14H17N3/c1-3-11-6-4-5-10(2)14(11)17-12-7-8-13(15)16-9-12/h4-9,17H,3H2,1-2H3,(H2,15,16). The van der Waals surface area contributed by atoms with E-state index in [1.165, 1.54) is 16.8 Å². The Bertz CT molecular complexity index is 503. The number of aryl methyl sites for hydroxylation is 2. The predicted octanol–water partition coefficient (Wildman–Crippen LogP) is 3.28. The third-order valence-corrected chi connectivity index (χ3v) is 2.80. The van der Waals surface area contributed by atoms with Crippen molar-refractivity contribution in [2.24, 2.45) is 0 Å². The van der Waals surface area contributed by atoms with Gasteiger partial charge in [-0.2, -0.15) is 0 Å². The van der Waals surface area contributed by atoms with Crippen LogP contribution in [0.15, 0.2) is 36.5 Å². The van der Waals surface area contributed by atoms with Crippen LogP contribution in [0.5, 0.6) is 0 Å². The van der Waals surface area contributed by atoms with Crippen molar-refractivity contribution in [2.45, 2.75) is 20.3 Å². The summed E-state index contributed by atoms with van der Waals surface area (Å²) in [5.41, 5.74) is 10.2. The number of para-hydroxylation sites is 1. The van der Waals surface area contributed by atoms with Gasteiger partial charge < -0.3 is 11.1 Å². The first-order valence-electron chi connectivity index (χ1n) is 5.77. The van der Waals surface area contributed by atoms with Crippen LogP contribution in [0.25, 0.3) is 0 Å². The fraction of sp³-hybridized carbons (Fsp3) is 0.214. The monoisotopic (exact) mass is 227 g/mol. The van der Waals surface area contributed by atoms with Crippen LogP contribution in [-0.2, 0) is 6.42 Å². The van der Waals surface area contributed by atoms with Crippen LogP contribution in [0.1, 0.15) is 18.1 Å². The van der Waals surface area contributed by atoms with Crippen molar-refractivity contribution in [3.63, 3.8) is 0 Å². The number of nitrogens with two attached hydrogens (primary N) is 1. The molecular formula is C14H17N3. The topological polar surface area (TPSA) is 50.9 Å². The zero-order chi connectivity index (χ0) is 12.3. The van der Waals surface area contributed by atoms with Crippen molar-refractivity contribution in [1.29, 1.82) is 0 Å². The number of nitrogens with zero attached hydrogens (tertiary/aromatic N) is 1. The average Bonchev–Trinajstić information content (AvgIpc) is 2.34. The highest BCUT2D eigenvalue weighted by atomic mass is 14.9. The third kappa shape index (κ3) is 2.56. The van der Waals surface area contributed by atoms with Crippen LogP contribution < -0.4 is 11.1 Å². The Morgan fingerprint density at radius 2 is 2.06 bits per heavy atom. The Morgan fingerprint density at radius 1 is 1.24 bits per heavy atom. The minimum atomic E-state index is 0.538. The first kappa shape index (κ1) is 11.5. The third-order valence-electron chi connectivity index (χ3n) is 2.80. The zero-order valence-electron chi connectivity index (χ0n) is 10.2. The molecule has 2 aromatic rings. The zero-order valence-corrected chi connectivity index (χ0v) is 10.2. The maximum atomic E-state index is 5.57. The molecule has 0 aliphatic carbocycles. The Balaban J connectivity index is 2.32. The van der Waals surface area contributed by atoms with E-state index in [-0.39, 0.29) is 0 Å². The first-order chi connectivity index (χ1) is 8.20. The van der Waals surface area contributed by atoms with E-state index in [9.17, 15) is 0 Å². The lowest BCUT2D eigenvalue weighted by atomic mass is 10.1. The van der Waals surface area contributed by atoms with Crippen LogP contribution in [-0.4, -0.2) is 4.98 Å². The fourth-order valence-electron chi connectivity index (χ4n) is 1.83. The van der Waals surface area contributed by atoms with Crippen molar-refractivity contribution in [3.8, 4) is 0 Å². The van der Waals surface area contributed by atoms with Gasteiger partial charge in [0.15, 0.2) is 0 Å². The van der Waals surface area contributed by atoms with Gasteiger partial charge in [-0.1, -0.05) is 25.1 Å². The minimum Gasteiger partial charge on any atom is -0.384 e. The molecule has 0 saturated carbocycles. The predicted molar refractivity (Wildman–Crippen MR) is 72.5 cm³/mol. The van der Waals surface area contributed by atoms with E-state index in [0.29, 0.717) is 5.82 Å². The molecule has 3 heteroatoms. The van der Waals surface area contributed by atoms with Crippen LogP contribution in [0.4, 0.5) is 17.2 Å². The molecule has 1 heterocycles. The van der Waals surface area contributed by atoms with Gasteiger partial charge in [0, 0.05) is 5.69 Å². The molecule has 3 nitrogen and oxygen atoms in total. The quantitative estimate of drug-likeness (QED) is 0.846. The number of rotatable bonds is 3. The second kappa shape index (κ2) is 4.87. The normalized spacial score (nSPS) is 10.2. The molecule has 3 N–H and O–H groups in total. The highest BCUT2D eigenvalue weighted by Crippen LogP contribution is 2.25. The molecule has 2 rings (SSSR count). The van der Waals surface area contributed by atoms with E-state index in [1.807, 2.05) is 6.07 Å². The summed E-state index contributed by atoms with van der Waals surface area (Å²) < 4.78 is 0.